The number of halogens is 2. The van der Waals surface area contributed by atoms with Gasteiger partial charge >= 0.3 is 12.6 Å². The number of amides is 4. The van der Waals surface area contributed by atoms with Gasteiger partial charge in [0.15, 0.2) is 0 Å². The number of nitrogens with zero attached hydrogens (tertiary/aromatic N) is 3. The van der Waals surface area contributed by atoms with Gasteiger partial charge in [-0.3, -0.25) is 19.1 Å². The Morgan fingerprint density at radius 1 is 1.17 bits per heavy atom. The molecular weight excluding hydrogens is 456 g/mol. The van der Waals surface area contributed by atoms with Crippen LogP contribution < -0.4 is 10.6 Å². The third kappa shape index (κ3) is 3.92. The fourth-order valence-corrected chi connectivity index (χ4v) is 5.13. The summed E-state index contributed by atoms with van der Waals surface area (Å²) in [6.07, 6.45) is 3.28. The van der Waals surface area contributed by atoms with Crippen molar-refractivity contribution in [1.82, 2.24) is 19.8 Å². The zero-order valence-corrected chi connectivity index (χ0v) is 19.1. The van der Waals surface area contributed by atoms with Gasteiger partial charge in [-0.25, -0.2) is 9.78 Å². The Hall–Kier alpha value is -3.82. The lowest BCUT2D eigenvalue weighted by atomic mass is 9.73. The highest BCUT2D eigenvalue weighted by molar-refractivity contribution is 6.10. The lowest BCUT2D eigenvalue weighted by Crippen LogP contribution is -2.54. The van der Waals surface area contributed by atoms with Gasteiger partial charge in [0, 0.05) is 11.3 Å². The minimum absolute atomic E-state index is 0.00532. The lowest BCUT2D eigenvalue weighted by Gasteiger charge is -2.36. The van der Waals surface area contributed by atoms with E-state index in [-0.39, 0.29) is 17.6 Å². The molecule has 35 heavy (non-hydrogen) atoms. The first-order chi connectivity index (χ1) is 16.8. The predicted molar refractivity (Wildman–Crippen MR) is 126 cm³/mol. The summed E-state index contributed by atoms with van der Waals surface area (Å²) in [5.74, 6) is -0.760. The maximum Gasteiger partial charge on any atom is 0.325 e. The number of fused-ring (bicyclic) bond motifs is 1. The number of rotatable bonds is 5. The van der Waals surface area contributed by atoms with E-state index in [2.05, 4.69) is 15.6 Å². The van der Waals surface area contributed by atoms with Crippen LogP contribution in [0, 0.1) is 5.92 Å². The minimum Gasteiger partial charge on any atom is -0.325 e. The van der Waals surface area contributed by atoms with Gasteiger partial charge in [-0.1, -0.05) is 31.9 Å². The summed E-state index contributed by atoms with van der Waals surface area (Å²) >= 11 is 0. The number of imide groups is 1. The number of imidazole rings is 1. The van der Waals surface area contributed by atoms with Gasteiger partial charge in [-0.2, -0.15) is 8.78 Å². The number of hydrogen-bond donors (Lipinski definition) is 2. The molecule has 2 fully saturated rings. The second kappa shape index (κ2) is 8.75. The van der Waals surface area contributed by atoms with Crippen LogP contribution in [0.4, 0.5) is 19.3 Å². The third-order valence-electron chi connectivity index (χ3n) is 7.02. The van der Waals surface area contributed by atoms with E-state index in [1.807, 2.05) is 6.92 Å². The number of carbonyl (C=O) groups excluding carboxylic acids is 3. The fraction of sp³-hybridized carbons (Fsp3) is 0.360. The highest BCUT2D eigenvalue weighted by Crippen LogP contribution is 2.38. The second-order valence-electron chi connectivity index (χ2n) is 9.14. The molecule has 2 heterocycles. The molecule has 5 rings (SSSR count). The van der Waals surface area contributed by atoms with E-state index in [1.165, 1.54) is 0 Å². The number of aromatic nitrogens is 2. The van der Waals surface area contributed by atoms with Gasteiger partial charge in [0.05, 0.1) is 11.0 Å². The summed E-state index contributed by atoms with van der Waals surface area (Å²) in [5.41, 5.74) is 0.730. The molecule has 1 saturated heterocycles. The van der Waals surface area contributed by atoms with Crippen molar-refractivity contribution >= 4 is 34.6 Å². The largest absolute Gasteiger partial charge is 0.325 e. The van der Waals surface area contributed by atoms with Crippen LogP contribution in [0.2, 0.25) is 0 Å². The van der Waals surface area contributed by atoms with Crippen molar-refractivity contribution in [1.29, 1.82) is 0 Å². The number of urea groups is 1. The van der Waals surface area contributed by atoms with Gasteiger partial charge in [0.25, 0.3) is 5.91 Å². The third-order valence-corrected chi connectivity index (χ3v) is 7.02. The first-order valence-corrected chi connectivity index (χ1v) is 11.6. The molecule has 2 atom stereocenters. The van der Waals surface area contributed by atoms with E-state index in [1.54, 1.807) is 48.5 Å². The molecule has 2 unspecified atom stereocenters. The molecule has 3 aromatic rings. The van der Waals surface area contributed by atoms with Crippen molar-refractivity contribution in [2.75, 3.05) is 11.9 Å². The predicted octanol–water partition coefficient (Wildman–Crippen LogP) is 4.54. The van der Waals surface area contributed by atoms with E-state index < -0.39 is 30.6 Å². The number of alkyl halides is 2. The summed E-state index contributed by atoms with van der Waals surface area (Å²) in [5, 5.41) is 5.49. The fourth-order valence-electron chi connectivity index (χ4n) is 5.13. The first-order valence-electron chi connectivity index (χ1n) is 11.6. The first kappa shape index (κ1) is 22.9. The molecule has 2 aromatic carbocycles. The summed E-state index contributed by atoms with van der Waals surface area (Å²) in [6.45, 7) is -1.22. The van der Waals surface area contributed by atoms with Crippen LogP contribution in [-0.4, -0.2) is 44.4 Å². The van der Waals surface area contributed by atoms with E-state index in [0.717, 1.165) is 28.7 Å². The topological polar surface area (TPSA) is 96.3 Å². The van der Waals surface area contributed by atoms with E-state index in [4.69, 9.17) is 0 Å². The van der Waals surface area contributed by atoms with Crippen LogP contribution in [-0.2, 0) is 9.59 Å². The van der Waals surface area contributed by atoms with Gasteiger partial charge in [-0.15, -0.1) is 0 Å². The number of para-hydroxylation sites is 2. The summed E-state index contributed by atoms with van der Waals surface area (Å²) in [4.78, 5) is 43.5. The van der Waals surface area contributed by atoms with Crippen molar-refractivity contribution in [2.24, 2.45) is 5.92 Å². The summed E-state index contributed by atoms with van der Waals surface area (Å²) in [6, 6.07) is 12.4. The van der Waals surface area contributed by atoms with Crippen LogP contribution in [0.3, 0.4) is 0 Å². The van der Waals surface area contributed by atoms with Crippen molar-refractivity contribution in [3.8, 4) is 11.4 Å². The normalized spacial score (nSPS) is 22.3. The Bertz CT molecular complexity index is 1310. The minimum atomic E-state index is -2.77. The zero-order valence-electron chi connectivity index (χ0n) is 19.1. The number of anilines is 1. The Labute approximate surface area is 200 Å². The molecule has 1 spiro atoms. The molecule has 0 radical (unpaired) electrons. The quantitative estimate of drug-likeness (QED) is 0.523. The standard InChI is InChI=1S/C25H25F2N5O3/c1-15-6-4-5-13-25(15)22(34)31(24(35)30-25)14-20(33)28-17-11-9-16(10-12-17)21-29-18-7-2-3-8-19(18)32(21)23(26)27/h2-3,7-12,15,23H,4-6,13-14H2,1H3,(H,28,33)(H,30,35). The average molecular weight is 482 g/mol. The maximum atomic E-state index is 13.7. The average Bonchev–Trinajstić information content (AvgIpc) is 3.33. The molecule has 2 aliphatic rings. The van der Waals surface area contributed by atoms with E-state index in [0.29, 0.717) is 28.7 Å². The molecular formula is C25H25F2N5O3. The van der Waals surface area contributed by atoms with Crippen LogP contribution in [0.25, 0.3) is 22.4 Å². The van der Waals surface area contributed by atoms with Gasteiger partial charge in [0.2, 0.25) is 5.91 Å². The van der Waals surface area contributed by atoms with Gasteiger partial charge in [0.1, 0.15) is 17.9 Å². The number of hydrogen-bond acceptors (Lipinski definition) is 4. The van der Waals surface area contributed by atoms with Crippen LogP contribution in [0.15, 0.2) is 48.5 Å². The molecule has 0 bridgehead atoms. The van der Waals surface area contributed by atoms with Crippen molar-refractivity contribution in [3.63, 3.8) is 0 Å². The number of nitrogens with one attached hydrogen (secondary N) is 2. The molecule has 182 valence electrons. The monoisotopic (exact) mass is 481 g/mol. The van der Waals surface area contributed by atoms with Crippen LogP contribution in [0.1, 0.15) is 39.2 Å². The second-order valence-corrected chi connectivity index (χ2v) is 9.14. The number of carbonyl (C=O) groups is 3. The smallest absolute Gasteiger partial charge is 0.325 e. The van der Waals surface area contributed by atoms with Gasteiger partial charge in [-0.05, 0) is 55.2 Å². The molecule has 2 N–H and O–H groups in total. The van der Waals surface area contributed by atoms with E-state index >= 15 is 0 Å². The Morgan fingerprint density at radius 2 is 1.91 bits per heavy atom. The Morgan fingerprint density at radius 3 is 2.63 bits per heavy atom. The van der Waals surface area contributed by atoms with Crippen LogP contribution in [0.5, 0.6) is 0 Å². The molecule has 1 aliphatic heterocycles. The van der Waals surface area contributed by atoms with Gasteiger partial charge < -0.3 is 10.6 Å². The highest BCUT2D eigenvalue weighted by Gasteiger charge is 2.55. The lowest BCUT2D eigenvalue weighted by molar-refractivity contribution is -0.136. The molecule has 10 heteroatoms. The zero-order chi connectivity index (χ0) is 24.7. The SMILES string of the molecule is CC1CCCCC12NC(=O)N(CC(=O)Nc1ccc(-c3nc4ccccc4n3C(F)F)cc1)C2=O. The van der Waals surface area contributed by atoms with Crippen molar-refractivity contribution in [3.05, 3.63) is 48.5 Å². The molecule has 1 aromatic heterocycles. The Kier molecular flexibility index (Phi) is 5.74. The summed E-state index contributed by atoms with van der Waals surface area (Å²) < 4.78 is 28.3. The van der Waals surface area contributed by atoms with E-state index in [9.17, 15) is 23.2 Å². The Balaban J connectivity index is 1.30. The maximum absolute atomic E-state index is 13.7. The molecule has 1 saturated carbocycles. The van der Waals surface area contributed by atoms with Crippen LogP contribution >= 0.6 is 0 Å². The summed E-state index contributed by atoms with van der Waals surface area (Å²) in [7, 11) is 0. The number of benzene rings is 2. The molecule has 8 nitrogen and oxygen atoms in total. The molecule has 4 amide bonds. The van der Waals surface area contributed by atoms with Crippen molar-refractivity contribution in [2.45, 2.75) is 44.7 Å². The highest BCUT2D eigenvalue weighted by atomic mass is 19.3. The molecule has 1 aliphatic carbocycles. The van der Waals surface area contributed by atoms with Crippen molar-refractivity contribution < 1.29 is 23.2 Å².